The summed E-state index contributed by atoms with van der Waals surface area (Å²) in [5.41, 5.74) is 1.82. The number of carbonyl (C=O) groups is 1. The number of halogens is 2. The van der Waals surface area contributed by atoms with E-state index >= 15 is 0 Å². The smallest absolute Gasteiger partial charge is 0.288 e. The van der Waals surface area contributed by atoms with Gasteiger partial charge in [0.2, 0.25) is 0 Å². The van der Waals surface area contributed by atoms with Crippen LogP contribution < -0.4 is 5.32 Å². The number of anilines is 1. The maximum atomic E-state index is 12.3. The van der Waals surface area contributed by atoms with Gasteiger partial charge in [0.15, 0.2) is 0 Å². The fraction of sp³-hybridized carbons (Fsp3) is 0.0500. The zero-order valence-corrected chi connectivity index (χ0v) is 15.0. The second-order valence-corrected chi connectivity index (χ2v) is 7.18. The van der Waals surface area contributed by atoms with E-state index in [9.17, 15) is 13.6 Å². The molecular formula is C20H13F2NOS2. The minimum absolute atomic E-state index is 0.304. The Hall–Kier alpha value is -2.62. The molecule has 0 saturated heterocycles. The van der Waals surface area contributed by atoms with Crippen molar-refractivity contribution in [1.29, 1.82) is 0 Å². The Morgan fingerprint density at radius 1 is 1.04 bits per heavy atom. The van der Waals surface area contributed by atoms with Gasteiger partial charge in [-0.25, -0.2) is 0 Å². The summed E-state index contributed by atoms with van der Waals surface area (Å²) in [7, 11) is 0. The summed E-state index contributed by atoms with van der Waals surface area (Å²) in [5.74, 6) is 3.35. The van der Waals surface area contributed by atoms with Gasteiger partial charge in [0.1, 0.15) is 0 Å². The molecule has 0 atom stereocenters. The highest BCUT2D eigenvalue weighted by Gasteiger charge is 2.09. The third-order valence-electron chi connectivity index (χ3n) is 3.31. The van der Waals surface area contributed by atoms with Gasteiger partial charge in [-0.05, 0) is 53.9 Å². The van der Waals surface area contributed by atoms with Crippen LogP contribution in [-0.4, -0.2) is 11.7 Å². The van der Waals surface area contributed by atoms with E-state index in [1.54, 1.807) is 23.5 Å². The lowest BCUT2D eigenvalue weighted by molar-refractivity contribution is 0.102. The van der Waals surface area contributed by atoms with Gasteiger partial charge in [-0.3, -0.25) is 4.79 Å². The maximum absolute atomic E-state index is 12.3. The Morgan fingerprint density at radius 2 is 1.85 bits per heavy atom. The number of rotatable bonds is 4. The number of thioether (sulfide) groups is 1. The molecule has 130 valence electrons. The van der Waals surface area contributed by atoms with E-state index in [1.807, 2.05) is 29.6 Å². The molecule has 1 aromatic heterocycles. The molecule has 0 radical (unpaired) electrons. The van der Waals surface area contributed by atoms with Gasteiger partial charge >= 0.3 is 0 Å². The molecule has 6 heteroatoms. The third kappa shape index (κ3) is 5.19. The topological polar surface area (TPSA) is 29.1 Å². The van der Waals surface area contributed by atoms with Crippen LogP contribution in [0.5, 0.6) is 0 Å². The molecule has 0 fully saturated rings. The highest BCUT2D eigenvalue weighted by Crippen LogP contribution is 2.25. The molecule has 26 heavy (non-hydrogen) atoms. The largest absolute Gasteiger partial charge is 0.322 e. The van der Waals surface area contributed by atoms with Gasteiger partial charge in [-0.2, -0.15) is 8.78 Å². The quantitative estimate of drug-likeness (QED) is 0.460. The Morgan fingerprint density at radius 3 is 2.54 bits per heavy atom. The second kappa shape index (κ2) is 8.65. The highest BCUT2D eigenvalue weighted by molar-refractivity contribution is 7.99. The molecule has 0 aliphatic carbocycles. The second-order valence-electron chi connectivity index (χ2n) is 5.17. The van der Waals surface area contributed by atoms with Gasteiger partial charge in [-0.15, -0.1) is 11.3 Å². The number of carbonyl (C=O) groups excluding carboxylic acids is 1. The molecule has 0 aliphatic rings. The van der Waals surface area contributed by atoms with Gasteiger partial charge in [0.25, 0.3) is 11.7 Å². The Kier molecular flexibility index (Phi) is 6.05. The first kappa shape index (κ1) is 18.2. The van der Waals surface area contributed by atoms with E-state index in [0.717, 1.165) is 10.4 Å². The average molecular weight is 385 g/mol. The van der Waals surface area contributed by atoms with E-state index < -0.39 is 5.76 Å². The van der Waals surface area contributed by atoms with Gasteiger partial charge < -0.3 is 5.32 Å². The molecule has 2 aromatic carbocycles. The molecule has 1 amide bonds. The Balaban J connectivity index is 1.68. The van der Waals surface area contributed by atoms with Crippen LogP contribution >= 0.6 is 23.1 Å². The summed E-state index contributed by atoms with van der Waals surface area (Å²) in [4.78, 5) is 13.7. The van der Waals surface area contributed by atoms with Crippen molar-refractivity contribution in [2.45, 2.75) is 10.7 Å². The molecule has 0 unspecified atom stereocenters. The number of hydrogen-bond donors (Lipinski definition) is 1. The fourth-order valence-electron chi connectivity index (χ4n) is 2.15. The molecule has 3 aromatic rings. The van der Waals surface area contributed by atoms with Crippen LogP contribution in [0.15, 0.2) is 70.9 Å². The van der Waals surface area contributed by atoms with E-state index in [0.29, 0.717) is 27.9 Å². The molecular weight excluding hydrogens is 372 g/mol. The van der Waals surface area contributed by atoms with Crippen molar-refractivity contribution in [2.24, 2.45) is 0 Å². The lowest BCUT2D eigenvalue weighted by Gasteiger charge is -2.06. The minimum atomic E-state index is -2.48. The van der Waals surface area contributed by atoms with Crippen LogP contribution in [0.25, 0.3) is 0 Å². The average Bonchev–Trinajstić information content (AvgIpc) is 3.14. The zero-order valence-electron chi connectivity index (χ0n) is 13.4. The standard InChI is InChI=1S/C20H13F2NOS2/c21-20(22)26-18-10-7-15(8-11-18)19(24)23-16-4-1-3-14(13-16)6-9-17-5-2-12-25-17/h1-5,7-8,10-13,20H,(H,23,24). The van der Waals surface area contributed by atoms with Gasteiger partial charge in [-0.1, -0.05) is 35.7 Å². The molecule has 0 aliphatic heterocycles. The van der Waals surface area contributed by atoms with Gasteiger partial charge in [0, 0.05) is 21.7 Å². The number of benzene rings is 2. The number of thiophene rings is 1. The van der Waals surface area contributed by atoms with Crippen LogP contribution in [-0.2, 0) is 0 Å². The predicted octanol–water partition coefficient (Wildman–Crippen LogP) is 5.71. The van der Waals surface area contributed by atoms with Crippen molar-refractivity contribution in [3.63, 3.8) is 0 Å². The van der Waals surface area contributed by atoms with Crippen molar-refractivity contribution in [1.82, 2.24) is 0 Å². The molecule has 2 nitrogen and oxygen atoms in total. The Labute approximate surface area is 158 Å². The third-order valence-corrected chi connectivity index (χ3v) is 4.82. The van der Waals surface area contributed by atoms with Crippen LogP contribution in [0.3, 0.4) is 0 Å². The number of hydrogen-bond acceptors (Lipinski definition) is 3. The van der Waals surface area contributed by atoms with Crippen molar-refractivity contribution < 1.29 is 13.6 Å². The zero-order chi connectivity index (χ0) is 18.4. The van der Waals surface area contributed by atoms with Crippen LogP contribution in [0.2, 0.25) is 0 Å². The van der Waals surface area contributed by atoms with Crippen LogP contribution in [0.4, 0.5) is 14.5 Å². The maximum Gasteiger partial charge on any atom is 0.288 e. The van der Waals surface area contributed by atoms with Crippen molar-refractivity contribution in [2.75, 3.05) is 5.32 Å². The first-order valence-corrected chi connectivity index (χ1v) is 9.38. The van der Waals surface area contributed by atoms with E-state index in [1.165, 1.54) is 24.3 Å². The predicted molar refractivity (Wildman–Crippen MR) is 103 cm³/mol. The first-order chi connectivity index (χ1) is 12.6. The van der Waals surface area contributed by atoms with Crippen molar-refractivity contribution in [3.8, 4) is 11.8 Å². The van der Waals surface area contributed by atoms with Crippen molar-refractivity contribution >= 4 is 34.7 Å². The lowest BCUT2D eigenvalue weighted by Crippen LogP contribution is -2.11. The summed E-state index contributed by atoms with van der Waals surface area (Å²) in [6.07, 6.45) is 0. The van der Waals surface area contributed by atoms with Crippen molar-refractivity contribution in [3.05, 3.63) is 82.0 Å². The monoisotopic (exact) mass is 385 g/mol. The normalized spacial score (nSPS) is 10.3. The molecule has 3 rings (SSSR count). The highest BCUT2D eigenvalue weighted by atomic mass is 32.2. The molecule has 1 heterocycles. The Bertz CT molecular complexity index is 942. The minimum Gasteiger partial charge on any atom is -0.322 e. The summed E-state index contributed by atoms with van der Waals surface area (Å²) in [5, 5.41) is 4.76. The van der Waals surface area contributed by atoms with E-state index in [4.69, 9.17) is 0 Å². The van der Waals surface area contributed by atoms with Crippen LogP contribution in [0, 0.1) is 11.8 Å². The molecule has 1 N–H and O–H groups in total. The van der Waals surface area contributed by atoms with E-state index in [2.05, 4.69) is 17.2 Å². The summed E-state index contributed by atoms with van der Waals surface area (Å²) in [6, 6.07) is 17.2. The number of amides is 1. The summed E-state index contributed by atoms with van der Waals surface area (Å²) in [6.45, 7) is 0. The molecule has 0 bridgehead atoms. The molecule has 0 saturated carbocycles. The summed E-state index contributed by atoms with van der Waals surface area (Å²) >= 11 is 2.02. The fourth-order valence-corrected chi connectivity index (χ4v) is 3.22. The number of nitrogens with one attached hydrogen (secondary N) is 1. The lowest BCUT2D eigenvalue weighted by atomic mass is 10.1. The van der Waals surface area contributed by atoms with Crippen LogP contribution in [0.1, 0.15) is 20.8 Å². The van der Waals surface area contributed by atoms with Gasteiger partial charge in [0.05, 0.1) is 4.88 Å². The molecule has 0 spiro atoms. The SMILES string of the molecule is O=C(Nc1cccc(C#Cc2cccs2)c1)c1ccc(SC(F)F)cc1. The summed E-state index contributed by atoms with van der Waals surface area (Å²) < 4.78 is 24.7. The number of alkyl halides is 2. The van der Waals surface area contributed by atoms with E-state index in [-0.39, 0.29) is 5.91 Å². The first-order valence-electron chi connectivity index (χ1n) is 7.62.